The second-order valence-electron chi connectivity index (χ2n) is 4.35. The molecule has 2 aromatic carbocycles. The molecule has 2 aromatic rings. The summed E-state index contributed by atoms with van der Waals surface area (Å²) < 4.78 is 34.9. The molecule has 0 amide bonds. The van der Waals surface area contributed by atoms with Crippen LogP contribution >= 0.6 is 11.6 Å². The molecule has 0 aliphatic rings. The highest BCUT2D eigenvalue weighted by Gasteiger charge is 2.18. The minimum atomic E-state index is -3.88. The van der Waals surface area contributed by atoms with Gasteiger partial charge in [-0.3, -0.25) is 0 Å². The fourth-order valence-corrected chi connectivity index (χ4v) is 2.90. The number of rotatable bonds is 5. The molecule has 0 atom stereocenters. The summed E-state index contributed by atoms with van der Waals surface area (Å²) in [6.45, 7) is 4.17. The molecule has 0 N–H and O–H groups in total. The Balaban J connectivity index is 2.27. The molecule has 0 aromatic heterocycles. The number of halogens is 1. The van der Waals surface area contributed by atoms with Crippen LogP contribution in [0.25, 0.3) is 0 Å². The van der Waals surface area contributed by atoms with Crippen LogP contribution in [0.3, 0.4) is 0 Å². The molecule has 0 heterocycles. The second kappa shape index (κ2) is 6.37. The van der Waals surface area contributed by atoms with Gasteiger partial charge in [0.2, 0.25) is 0 Å². The Hall–Kier alpha value is -1.72. The van der Waals surface area contributed by atoms with Gasteiger partial charge >= 0.3 is 10.1 Å². The number of hydrogen-bond donors (Lipinski definition) is 0. The third-order valence-electron chi connectivity index (χ3n) is 2.75. The van der Waals surface area contributed by atoms with Crippen LogP contribution < -0.4 is 8.92 Å². The van der Waals surface area contributed by atoms with Crippen molar-refractivity contribution < 1.29 is 17.3 Å². The maximum absolute atomic E-state index is 12.2. The van der Waals surface area contributed by atoms with Crippen LogP contribution in [0.4, 0.5) is 0 Å². The smallest absolute Gasteiger partial charge is 0.339 e. The molecule has 0 aliphatic carbocycles. The molecule has 0 aliphatic heterocycles. The van der Waals surface area contributed by atoms with Crippen LogP contribution in [0.2, 0.25) is 5.02 Å². The Kier molecular flexibility index (Phi) is 4.75. The summed E-state index contributed by atoms with van der Waals surface area (Å²) in [6, 6.07) is 10.7. The molecule has 0 fully saturated rings. The van der Waals surface area contributed by atoms with E-state index >= 15 is 0 Å². The van der Waals surface area contributed by atoms with Gasteiger partial charge in [-0.1, -0.05) is 11.6 Å². The average Bonchev–Trinajstić information content (AvgIpc) is 2.43. The highest BCUT2D eigenvalue weighted by Crippen LogP contribution is 2.25. The molecule has 0 bridgehead atoms. The quantitative estimate of drug-likeness (QED) is 0.784. The lowest BCUT2D eigenvalue weighted by Crippen LogP contribution is -2.10. The van der Waals surface area contributed by atoms with Crippen molar-refractivity contribution in [1.29, 1.82) is 0 Å². The number of hydrogen-bond acceptors (Lipinski definition) is 4. The molecule has 0 spiro atoms. The van der Waals surface area contributed by atoms with Crippen LogP contribution in [0.5, 0.6) is 11.5 Å². The predicted molar refractivity (Wildman–Crippen MR) is 81.6 cm³/mol. The van der Waals surface area contributed by atoms with Gasteiger partial charge in [-0.2, -0.15) is 8.42 Å². The topological polar surface area (TPSA) is 52.6 Å². The van der Waals surface area contributed by atoms with Gasteiger partial charge in [0.15, 0.2) is 0 Å². The fourth-order valence-electron chi connectivity index (χ4n) is 1.76. The zero-order valence-corrected chi connectivity index (χ0v) is 13.2. The van der Waals surface area contributed by atoms with E-state index < -0.39 is 10.1 Å². The van der Waals surface area contributed by atoms with Gasteiger partial charge in [0.25, 0.3) is 0 Å². The van der Waals surface area contributed by atoms with E-state index in [-0.39, 0.29) is 10.6 Å². The molecule has 0 saturated carbocycles. The first-order valence-electron chi connectivity index (χ1n) is 6.36. The molecule has 2 rings (SSSR count). The molecular weight excluding hydrogens is 312 g/mol. The average molecular weight is 327 g/mol. The zero-order valence-electron chi connectivity index (χ0n) is 11.7. The van der Waals surface area contributed by atoms with Crippen molar-refractivity contribution in [3.05, 3.63) is 53.1 Å². The molecule has 0 unspecified atom stereocenters. The van der Waals surface area contributed by atoms with E-state index in [2.05, 4.69) is 0 Å². The zero-order chi connectivity index (χ0) is 15.5. The summed E-state index contributed by atoms with van der Waals surface area (Å²) in [6.07, 6.45) is 0. The highest BCUT2D eigenvalue weighted by molar-refractivity contribution is 7.87. The van der Waals surface area contributed by atoms with E-state index in [9.17, 15) is 8.42 Å². The second-order valence-corrected chi connectivity index (χ2v) is 6.33. The maximum atomic E-state index is 12.2. The van der Waals surface area contributed by atoms with Gasteiger partial charge in [0, 0.05) is 5.02 Å². The molecule has 0 radical (unpaired) electrons. The first kappa shape index (κ1) is 15.7. The predicted octanol–water partition coefficient (Wildman–Crippen LogP) is 3.81. The number of benzene rings is 2. The summed E-state index contributed by atoms with van der Waals surface area (Å²) in [7, 11) is -3.88. The fraction of sp³-hybridized carbons (Fsp3) is 0.200. The Bertz CT molecular complexity index is 724. The lowest BCUT2D eigenvalue weighted by molar-refractivity contribution is 0.337. The highest BCUT2D eigenvalue weighted by atomic mass is 35.5. The van der Waals surface area contributed by atoms with Crippen LogP contribution in [-0.2, 0) is 10.1 Å². The lowest BCUT2D eigenvalue weighted by Gasteiger charge is -2.10. The van der Waals surface area contributed by atoms with Crippen molar-refractivity contribution in [2.45, 2.75) is 18.7 Å². The molecule has 0 saturated heterocycles. The SMILES string of the molecule is CCOc1ccc(S(=O)(=O)Oc2ccc(Cl)cc2)cc1C. The van der Waals surface area contributed by atoms with Crippen molar-refractivity contribution in [3.8, 4) is 11.5 Å². The summed E-state index contributed by atoms with van der Waals surface area (Å²) in [4.78, 5) is 0.0819. The van der Waals surface area contributed by atoms with Crippen molar-refractivity contribution in [1.82, 2.24) is 0 Å². The first-order valence-corrected chi connectivity index (χ1v) is 8.14. The normalized spacial score (nSPS) is 11.2. The van der Waals surface area contributed by atoms with Gasteiger partial charge in [-0.05, 0) is 61.9 Å². The molecule has 4 nitrogen and oxygen atoms in total. The lowest BCUT2D eigenvalue weighted by atomic mass is 10.2. The van der Waals surface area contributed by atoms with Crippen molar-refractivity contribution in [3.63, 3.8) is 0 Å². The Labute approximate surface area is 129 Å². The van der Waals surface area contributed by atoms with E-state index in [0.29, 0.717) is 17.4 Å². The first-order chi connectivity index (χ1) is 9.92. The molecule has 21 heavy (non-hydrogen) atoms. The van der Waals surface area contributed by atoms with E-state index in [1.165, 1.54) is 24.3 Å². The van der Waals surface area contributed by atoms with E-state index in [1.54, 1.807) is 25.1 Å². The van der Waals surface area contributed by atoms with Crippen molar-refractivity contribution >= 4 is 21.7 Å². The molecule has 112 valence electrons. The van der Waals surface area contributed by atoms with Crippen LogP contribution in [0.1, 0.15) is 12.5 Å². The van der Waals surface area contributed by atoms with Gasteiger partial charge < -0.3 is 8.92 Å². The Morgan fingerprint density at radius 1 is 1.10 bits per heavy atom. The third kappa shape index (κ3) is 3.89. The summed E-state index contributed by atoms with van der Waals surface area (Å²) in [5, 5.41) is 0.511. The van der Waals surface area contributed by atoms with Gasteiger partial charge in [0.05, 0.1) is 6.61 Å². The number of aryl methyl sites for hydroxylation is 1. The van der Waals surface area contributed by atoms with E-state index in [0.717, 1.165) is 5.56 Å². The third-order valence-corrected chi connectivity index (χ3v) is 4.25. The largest absolute Gasteiger partial charge is 0.494 e. The van der Waals surface area contributed by atoms with Crippen LogP contribution in [0, 0.1) is 6.92 Å². The van der Waals surface area contributed by atoms with Gasteiger partial charge in [0.1, 0.15) is 16.4 Å². The summed E-state index contributed by atoms with van der Waals surface area (Å²) in [5.74, 6) is 0.869. The summed E-state index contributed by atoms with van der Waals surface area (Å²) >= 11 is 5.75. The minimum Gasteiger partial charge on any atom is -0.494 e. The Morgan fingerprint density at radius 2 is 1.76 bits per heavy atom. The number of ether oxygens (including phenoxy) is 1. The van der Waals surface area contributed by atoms with E-state index in [4.69, 9.17) is 20.5 Å². The minimum absolute atomic E-state index is 0.0819. The molecule has 6 heteroatoms. The van der Waals surface area contributed by atoms with Crippen LogP contribution in [-0.4, -0.2) is 15.0 Å². The van der Waals surface area contributed by atoms with Gasteiger partial charge in [-0.25, -0.2) is 0 Å². The van der Waals surface area contributed by atoms with Crippen molar-refractivity contribution in [2.24, 2.45) is 0 Å². The van der Waals surface area contributed by atoms with Gasteiger partial charge in [-0.15, -0.1) is 0 Å². The van der Waals surface area contributed by atoms with Crippen LogP contribution in [0.15, 0.2) is 47.4 Å². The maximum Gasteiger partial charge on any atom is 0.339 e. The Morgan fingerprint density at radius 3 is 2.33 bits per heavy atom. The standard InChI is InChI=1S/C15H15ClO4S/c1-3-19-15-9-8-14(10-11(15)2)21(17,18)20-13-6-4-12(16)5-7-13/h4-10H,3H2,1-2H3. The monoisotopic (exact) mass is 326 g/mol. The van der Waals surface area contributed by atoms with E-state index in [1.807, 2.05) is 6.92 Å². The molecular formula is C15H15ClO4S. The van der Waals surface area contributed by atoms with Crippen molar-refractivity contribution in [2.75, 3.05) is 6.61 Å². The summed E-state index contributed by atoms with van der Waals surface area (Å²) in [5.41, 5.74) is 0.734.